The van der Waals surface area contributed by atoms with Crippen LogP contribution in [0.1, 0.15) is 11.1 Å². The topological polar surface area (TPSA) is 18.5 Å². The minimum atomic E-state index is -0.196. The lowest BCUT2D eigenvalue weighted by Gasteiger charge is -2.06. The molecule has 5 heteroatoms. The first kappa shape index (κ1) is 22.8. The Kier molecular flexibility index (Phi) is 8.48. The molecule has 0 N–H and O–H groups in total. The maximum Gasteiger partial charge on any atom is 0.357 e. The molecule has 0 bridgehead atoms. The van der Waals surface area contributed by atoms with E-state index in [1.54, 1.807) is 0 Å². The second-order valence-corrected chi connectivity index (χ2v) is 12.4. The summed E-state index contributed by atoms with van der Waals surface area (Å²) in [6.45, 7) is 1.18. The SMILES string of the molecule is Ic1ccc(OCc2ccc([I+]c3ccc(COc4ccc(I)cc4)cc3)cc2)cc1. The van der Waals surface area contributed by atoms with Gasteiger partial charge in [0.2, 0.25) is 0 Å². The molecule has 0 spiro atoms. The summed E-state index contributed by atoms with van der Waals surface area (Å²) in [4.78, 5) is 0. The quantitative estimate of drug-likeness (QED) is 0.253. The van der Waals surface area contributed by atoms with Crippen molar-refractivity contribution in [3.05, 3.63) is 122 Å². The van der Waals surface area contributed by atoms with Crippen LogP contribution in [0.15, 0.2) is 97.1 Å². The third-order valence-electron chi connectivity index (χ3n) is 4.48. The molecule has 0 saturated carbocycles. The van der Waals surface area contributed by atoms with Crippen LogP contribution < -0.4 is 30.7 Å². The summed E-state index contributed by atoms with van der Waals surface area (Å²) in [5.74, 6) is 1.81. The van der Waals surface area contributed by atoms with Crippen LogP contribution in [0.2, 0.25) is 0 Å². The van der Waals surface area contributed by atoms with E-state index in [1.165, 1.54) is 25.4 Å². The minimum Gasteiger partial charge on any atom is -0.489 e. The fourth-order valence-corrected chi connectivity index (χ4v) is 5.68. The third kappa shape index (κ3) is 7.35. The van der Waals surface area contributed by atoms with E-state index in [9.17, 15) is 0 Å². The number of benzene rings is 4. The summed E-state index contributed by atoms with van der Waals surface area (Å²) in [6.07, 6.45) is 0. The number of halogens is 3. The Morgan fingerprint density at radius 2 is 0.839 bits per heavy atom. The Balaban J connectivity index is 1.27. The van der Waals surface area contributed by atoms with Gasteiger partial charge in [-0.05, 0) is 129 Å². The van der Waals surface area contributed by atoms with Gasteiger partial charge in [0, 0.05) is 7.14 Å². The van der Waals surface area contributed by atoms with Crippen LogP contribution in [0.3, 0.4) is 0 Å². The highest BCUT2D eigenvalue weighted by atomic mass is 127. The molecule has 156 valence electrons. The molecular weight excluding hydrogens is 725 g/mol. The zero-order valence-corrected chi connectivity index (χ0v) is 23.1. The van der Waals surface area contributed by atoms with E-state index in [2.05, 4.69) is 118 Å². The molecule has 0 heterocycles. The highest BCUT2D eigenvalue weighted by Crippen LogP contribution is 2.16. The van der Waals surface area contributed by atoms with Crippen molar-refractivity contribution in [3.8, 4) is 11.5 Å². The molecule has 0 radical (unpaired) electrons. The molecule has 0 aliphatic rings. The number of rotatable bonds is 8. The lowest BCUT2D eigenvalue weighted by atomic mass is 10.2. The van der Waals surface area contributed by atoms with Crippen LogP contribution in [-0.2, 0) is 13.2 Å². The van der Waals surface area contributed by atoms with Gasteiger partial charge < -0.3 is 9.47 Å². The molecule has 4 aromatic carbocycles. The molecule has 0 aliphatic heterocycles. The Morgan fingerprint density at radius 3 is 1.19 bits per heavy atom. The second kappa shape index (κ2) is 11.5. The molecule has 0 atom stereocenters. The van der Waals surface area contributed by atoms with Gasteiger partial charge in [-0.25, -0.2) is 0 Å². The summed E-state index contributed by atoms with van der Waals surface area (Å²) >= 11 is 4.40. The van der Waals surface area contributed by atoms with Crippen molar-refractivity contribution >= 4 is 45.2 Å². The number of ether oxygens (including phenoxy) is 2. The summed E-state index contributed by atoms with van der Waals surface area (Å²) in [5, 5.41) is 0. The van der Waals surface area contributed by atoms with Crippen LogP contribution in [-0.4, -0.2) is 0 Å². The van der Waals surface area contributed by atoms with Gasteiger partial charge in [0.05, 0.1) is 0 Å². The van der Waals surface area contributed by atoms with E-state index in [1.807, 2.05) is 24.3 Å². The summed E-state index contributed by atoms with van der Waals surface area (Å²) < 4.78 is 17.0. The Hall–Kier alpha value is -1.33. The van der Waals surface area contributed by atoms with Gasteiger partial charge in [-0.3, -0.25) is 0 Å². The molecule has 0 unspecified atom stereocenters. The largest absolute Gasteiger partial charge is 0.489 e. The van der Waals surface area contributed by atoms with Crippen molar-refractivity contribution in [2.24, 2.45) is 0 Å². The van der Waals surface area contributed by atoms with Crippen molar-refractivity contribution in [2.75, 3.05) is 0 Å². The maximum absolute atomic E-state index is 5.87. The van der Waals surface area contributed by atoms with Crippen LogP contribution in [0.5, 0.6) is 11.5 Å². The predicted octanol–water partition coefficient (Wildman–Crippen LogP) is 4.18. The molecule has 0 amide bonds. The smallest absolute Gasteiger partial charge is 0.357 e. The molecule has 0 aromatic heterocycles. The van der Waals surface area contributed by atoms with Gasteiger partial charge in [-0.15, -0.1) is 0 Å². The molecular formula is C26H20I3O2+. The first-order valence-corrected chi connectivity index (χ1v) is 14.0. The van der Waals surface area contributed by atoms with E-state index >= 15 is 0 Å². The molecule has 2 nitrogen and oxygen atoms in total. The first-order chi connectivity index (χ1) is 15.1. The van der Waals surface area contributed by atoms with Crippen molar-refractivity contribution in [1.29, 1.82) is 0 Å². The predicted molar refractivity (Wildman–Crippen MR) is 137 cm³/mol. The van der Waals surface area contributed by atoms with Crippen molar-refractivity contribution in [1.82, 2.24) is 0 Å². The Labute approximate surface area is 220 Å². The average molecular weight is 745 g/mol. The molecule has 4 rings (SSSR count). The average Bonchev–Trinajstić information content (AvgIpc) is 2.80. The van der Waals surface area contributed by atoms with E-state index in [0.29, 0.717) is 13.2 Å². The number of hydrogen-bond acceptors (Lipinski definition) is 2. The second-order valence-electron chi connectivity index (χ2n) is 6.83. The van der Waals surface area contributed by atoms with Crippen LogP contribution >= 0.6 is 45.2 Å². The van der Waals surface area contributed by atoms with E-state index in [0.717, 1.165) is 11.5 Å². The monoisotopic (exact) mass is 745 g/mol. The zero-order valence-electron chi connectivity index (χ0n) is 16.6. The van der Waals surface area contributed by atoms with Gasteiger partial charge in [-0.1, -0.05) is 24.3 Å². The lowest BCUT2D eigenvalue weighted by Crippen LogP contribution is -3.61. The van der Waals surface area contributed by atoms with Gasteiger partial charge >= 0.3 is 21.2 Å². The van der Waals surface area contributed by atoms with Gasteiger partial charge in [0.15, 0.2) is 7.14 Å². The molecule has 0 aliphatic carbocycles. The van der Waals surface area contributed by atoms with Gasteiger partial charge in [0.25, 0.3) is 0 Å². The maximum atomic E-state index is 5.87. The Morgan fingerprint density at radius 1 is 0.484 bits per heavy atom. The molecule has 0 saturated heterocycles. The lowest BCUT2D eigenvalue weighted by molar-refractivity contribution is -0.597. The highest BCUT2D eigenvalue weighted by Gasteiger charge is 2.15. The van der Waals surface area contributed by atoms with Gasteiger partial charge in [-0.2, -0.15) is 0 Å². The van der Waals surface area contributed by atoms with Crippen molar-refractivity contribution in [2.45, 2.75) is 13.2 Å². The standard InChI is InChI=1S/C26H20I3O2/c27-21-5-13-25(14-6-21)30-17-19-1-9-23(10-2-19)29-24-11-3-20(4-12-24)18-31-26-15-7-22(28)8-16-26/h1-16H,17-18H2/q+1. The fraction of sp³-hybridized carbons (Fsp3) is 0.0769. The number of hydrogen-bond donors (Lipinski definition) is 0. The molecule has 0 fully saturated rings. The molecule has 4 aromatic rings. The van der Waals surface area contributed by atoms with Crippen LogP contribution in [0.4, 0.5) is 0 Å². The summed E-state index contributed by atoms with van der Waals surface area (Å²) in [6, 6.07) is 33.9. The van der Waals surface area contributed by atoms with Crippen molar-refractivity contribution < 1.29 is 30.7 Å². The van der Waals surface area contributed by atoms with Crippen LogP contribution in [0, 0.1) is 14.3 Å². The normalized spacial score (nSPS) is 10.6. The Bertz CT molecular complexity index is 1000. The molecule has 31 heavy (non-hydrogen) atoms. The van der Waals surface area contributed by atoms with Crippen molar-refractivity contribution in [3.63, 3.8) is 0 Å². The van der Waals surface area contributed by atoms with E-state index in [-0.39, 0.29) is 21.2 Å². The van der Waals surface area contributed by atoms with Crippen LogP contribution in [0.25, 0.3) is 0 Å². The minimum absolute atomic E-state index is 0.196. The summed E-state index contributed by atoms with van der Waals surface area (Å²) in [7, 11) is 0. The van der Waals surface area contributed by atoms with Gasteiger partial charge in [0.1, 0.15) is 24.7 Å². The highest BCUT2D eigenvalue weighted by molar-refractivity contribution is 14.1. The van der Waals surface area contributed by atoms with E-state index in [4.69, 9.17) is 9.47 Å². The summed E-state index contributed by atoms with van der Waals surface area (Å²) in [5.41, 5.74) is 2.38. The fourth-order valence-electron chi connectivity index (χ4n) is 2.81. The third-order valence-corrected chi connectivity index (χ3v) is 8.61. The first-order valence-electron chi connectivity index (χ1n) is 9.73. The zero-order chi connectivity index (χ0) is 21.5. The van der Waals surface area contributed by atoms with E-state index < -0.39 is 0 Å².